The molecule has 1 aromatic carbocycles. The van der Waals surface area contributed by atoms with Gasteiger partial charge >= 0.3 is 5.97 Å². The van der Waals surface area contributed by atoms with Crippen LogP contribution in [0.2, 0.25) is 0 Å². The van der Waals surface area contributed by atoms with E-state index in [1.165, 1.54) is 25.2 Å². The van der Waals surface area contributed by atoms with E-state index in [4.69, 9.17) is 4.74 Å². The van der Waals surface area contributed by atoms with Crippen LogP contribution in [0.3, 0.4) is 0 Å². The van der Waals surface area contributed by atoms with Crippen molar-refractivity contribution in [2.45, 2.75) is 31.3 Å². The Bertz CT molecular complexity index is 716. The van der Waals surface area contributed by atoms with Gasteiger partial charge in [-0.25, -0.2) is 14.8 Å². The van der Waals surface area contributed by atoms with E-state index < -0.39 is 12.0 Å². The Kier molecular flexibility index (Phi) is 6.54. The summed E-state index contributed by atoms with van der Waals surface area (Å²) in [5.41, 5.74) is 0.836. The number of fused-ring (bicyclic) bond motifs is 1. The number of carbonyl (C=O) groups is 2. The third-order valence-electron chi connectivity index (χ3n) is 3.37. The standard InChI is InChI=1S/C17H21N3O3S/c1-11(2)8-14(17(22)23-3)20-15(21)9-24-16-12-6-4-5-7-13(12)18-10-19-16/h4-7,10-11,14H,8-9H2,1-3H3,(H,20,21)/t14-/m1/s1. The van der Waals surface area contributed by atoms with Crippen molar-refractivity contribution in [1.29, 1.82) is 0 Å². The SMILES string of the molecule is COC(=O)[C@@H](CC(C)C)NC(=O)CSc1ncnc2ccccc12. The van der Waals surface area contributed by atoms with Crippen molar-refractivity contribution in [2.24, 2.45) is 5.92 Å². The van der Waals surface area contributed by atoms with Crippen LogP contribution in [-0.4, -0.2) is 40.7 Å². The van der Waals surface area contributed by atoms with Crippen molar-refractivity contribution < 1.29 is 14.3 Å². The van der Waals surface area contributed by atoms with E-state index in [9.17, 15) is 9.59 Å². The van der Waals surface area contributed by atoms with Gasteiger partial charge in [0.1, 0.15) is 17.4 Å². The molecule has 0 aliphatic carbocycles. The highest BCUT2D eigenvalue weighted by Gasteiger charge is 2.22. The number of carbonyl (C=O) groups excluding carboxylic acids is 2. The van der Waals surface area contributed by atoms with Crippen LogP contribution in [-0.2, 0) is 14.3 Å². The summed E-state index contributed by atoms with van der Waals surface area (Å²) >= 11 is 1.32. The zero-order valence-electron chi connectivity index (χ0n) is 14.0. The molecule has 1 aromatic heterocycles. The summed E-state index contributed by atoms with van der Waals surface area (Å²) < 4.78 is 4.75. The molecule has 1 heterocycles. The third-order valence-corrected chi connectivity index (χ3v) is 4.38. The highest BCUT2D eigenvalue weighted by atomic mass is 32.2. The summed E-state index contributed by atoms with van der Waals surface area (Å²) in [7, 11) is 1.32. The van der Waals surface area contributed by atoms with Gasteiger partial charge in [0.2, 0.25) is 5.91 Å². The fourth-order valence-corrected chi connectivity index (χ4v) is 3.09. The molecule has 1 atom stereocenters. The monoisotopic (exact) mass is 347 g/mol. The van der Waals surface area contributed by atoms with Gasteiger partial charge in [-0.3, -0.25) is 4.79 Å². The number of methoxy groups -OCH3 is 1. The normalized spacial score (nSPS) is 12.2. The molecule has 2 aromatic rings. The minimum absolute atomic E-state index is 0.173. The maximum absolute atomic E-state index is 12.2. The first-order valence-electron chi connectivity index (χ1n) is 7.71. The lowest BCUT2D eigenvalue weighted by Gasteiger charge is -2.18. The number of esters is 1. The molecule has 128 valence electrons. The lowest BCUT2D eigenvalue weighted by Crippen LogP contribution is -2.43. The van der Waals surface area contributed by atoms with E-state index >= 15 is 0 Å². The van der Waals surface area contributed by atoms with Crippen LogP contribution in [0.15, 0.2) is 35.6 Å². The maximum atomic E-state index is 12.2. The van der Waals surface area contributed by atoms with E-state index in [1.54, 1.807) is 0 Å². The van der Waals surface area contributed by atoms with Crippen molar-refractivity contribution in [3.05, 3.63) is 30.6 Å². The molecule has 1 N–H and O–H groups in total. The van der Waals surface area contributed by atoms with Gasteiger partial charge in [-0.1, -0.05) is 43.8 Å². The zero-order valence-corrected chi connectivity index (χ0v) is 14.8. The lowest BCUT2D eigenvalue weighted by molar-refractivity contribution is -0.145. The Hall–Kier alpha value is -2.15. The van der Waals surface area contributed by atoms with Crippen LogP contribution in [0.1, 0.15) is 20.3 Å². The summed E-state index contributed by atoms with van der Waals surface area (Å²) in [4.78, 5) is 32.4. The first-order chi connectivity index (χ1) is 11.5. The van der Waals surface area contributed by atoms with Gasteiger partial charge in [0.05, 0.1) is 18.4 Å². The lowest BCUT2D eigenvalue weighted by atomic mass is 10.0. The molecular formula is C17H21N3O3S. The van der Waals surface area contributed by atoms with Crippen molar-refractivity contribution in [3.63, 3.8) is 0 Å². The fraction of sp³-hybridized carbons (Fsp3) is 0.412. The van der Waals surface area contributed by atoms with E-state index in [1.807, 2.05) is 38.1 Å². The molecule has 2 rings (SSSR count). The molecule has 7 heteroatoms. The zero-order chi connectivity index (χ0) is 17.5. The quantitative estimate of drug-likeness (QED) is 0.471. The Morgan fingerprint density at radius 3 is 2.71 bits per heavy atom. The predicted molar refractivity (Wildman–Crippen MR) is 93.7 cm³/mol. The molecule has 0 aliphatic rings. The number of nitrogens with one attached hydrogen (secondary N) is 1. The summed E-state index contributed by atoms with van der Waals surface area (Å²) in [6.45, 7) is 3.98. The van der Waals surface area contributed by atoms with E-state index in [-0.39, 0.29) is 17.6 Å². The smallest absolute Gasteiger partial charge is 0.328 e. The number of para-hydroxylation sites is 1. The molecule has 0 radical (unpaired) electrons. The van der Waals surface area contributed by atoms with Gasteiger partial charge in [0.15, 0.2) is 0 Å². The first-order valence-corrected chi connectivity index (χ1v) is 8.69. The summed E-state index contributed by atoms with van der Waals surface area (Å²) in [5.74, 6) is -0.201. The van der Waals surface area contributed by atoms with Crippen molar-refractivity contribution in [1.82, 2.24) is 15.3 Å². The van der Waals surface area contributed by atoms with Crippen molar-refractivity contribution >= 4 is 34.5 Å². The molecule has 6 nitrogen and oxygen atoms in total. The van der Waals surface area contributed by atoms with Gasteiger partial charge in [-0.15, -0.1) is 0 Å². The van der Waals surface area contributed by atoms with Gasteiger partial charge in [0.25, 0.3) is 0 Å². The van der Waals surface area contributed by atoms with E-state index in [0.29, 0.717) is 6.42 Å². The maximum Gasteiger partial charge on any atom is 0.328 e. The molecule has 0 spiro atoms. The summed E-state index contributed by atoms with van der Waals surface area (Å²) in [5, 5.41) is 4.39. The molecule has 0 saturated carbocycles. The first kappa shape index (κ1) is 18.2. The van der Waals surface area contributed by atoms with Crippen LogP contribution in [0.25, 0.3) is 10.9 Å². The molecule has 1 amide bonds. The van der Waals surface area contributed by atoms with Gasteiger partial charge < -0.3 is 10.1 Å². The predicted octanol–water partition coefficient (Wildman–Crippen LogP) is 2.43. The van der Waals surface area contributed by atoms with Crippen LogP contribution >= 0.6 is 11.8 Å². The third kappa shape index (κ3) is 4.92. The summed E-state index contributed by atoms with van der Waals surface area (Å²) in [6, 6.07) is 7.02. The average molecular weight is 347 g/mol. The molecule has 0 bridgehead atoms. The number of ether oxygens (including phenoxy) is 1. The van der Waals surface area contributed by atoms with Gasteiger partial charge in [0, 0.05) is 5.39 Å². The van der Waals surface area contributed by atoms with Gasteiger partial charge in [-0.05, 0) is 18.4 Å². The topological polar surface area (TPSA) is 81.2 Å². The summed E-state index contributed by atoms with van der Waals surface area (Å²) in [6.07, 6.45) is 2.03. The number of hydrogen-bond donors (Lipinski definition) is 1. The van der Waals surface area contributed by atoms with Crippen molar-refractivity contribution in [3.8, 4) is 0 Å². The molecule has 0 saturated heterocycles. The molecule has 0 fully saturated rings. The number of aromatic nitrogens is 2. The minimum atomic E-state index is -0.620. The molecule has 0 unspecified atom stereocenters. The molecule has 0 aliphatic heterocycles. The van der Waals surface area contributed by atoms with Crippen LogP contribution in [0.5, 0.6) is 0 Å². The second kappa shape index (κ2) is 8.63. The average Bonchev–Trinajstić information content (AvgIpc) is 2.58. The van der Waals surface area contributed by atoms with E-state index in [0.717, 1.165) is 15.9 Å². The number of nitrogens with zero attached hydrogens (tertiary/aromatic N) is 2. The Morgan fingerprint density at radius 2 is 2.00 bits per heavy atom. The molecular weight excluding hydrogens is 326 g/mol. The van der Waals surface area contributed by atoms with Gasteiger partial charge in [-0.2, -0.15) is 0 Å². The fourth-order valence-electron chi connectivity index (χ4n) is 2.29. The number of thioether (sulfide) groups is 1. The number of amides is 1. The highest BCUT2D eigenvalue weighted by Crippen LogP contribution is 2.23. The highest BCUT2D eigenvalue weighted by molar-refractivity contribution is 8.00. The second-order valence-electron chi connectivity index (χ2n) is 5.76. The molecule has 24 heavy (non-hydrogen) atoms. The Balaban J connectivity index is 2.00. The van der Waals surface area contributed by atoms with E-state index in [2.05, 4.69) is 15.3 Å². The van der Waals surface area contributed by atoms with Crippen LogP contribution < -0.4 is 5.32 Å². The minimum Gasteiger partial charge on any atom is -0.467 e. The van der Waals surface area contributed by atoms with Crippen LogP contribution in [0, 0.1) is 5.92 Å². The number of benzene rings is 1. The Labute approximate surface area is 145 Å². The van der Waals surface area contributed by atoms with Crippen LogP contribution in [0.4, 0.5) is 0 Å². The number of hydrogen-bond acceptors (Lipinski definition) is 6. The number of rotatable bonds is 7. The Morgan fingerprint density at radius 1 is 1.25 bits per heavy atom. The largest absolute Gasteiger partial charge is 0.467 e. The second-order valence-corrected chi connectivity index (χ2v) is 6.72. The van der Waals surface area contributed by atoms with Crippen molar-refractivity contribution in [2.75, 3.05) is 12.9 Å².